The van der Waals surface area contributed by atoms with Crippen molar-refractivity contribution in [2.75, 3.05) is 4.90 Å². The fourth-order valence-corrected chi connectivity index (χ4v) is 4.58. The van der Waals surface area contributed by atoms with E-state index in [1.54, 1.807) is 49.4 Å². The Kier molecular flexibility index (Phi) is 5.53. The van der Waals surface area contributed by atoms with E-state index < -0.39 is 23.2 Å². The summed E-state index contributed by atoms with van der Waals surface area (Å²) in [6.07, 6.45) is 0. The summed E-state index contributed by atoms with van der Waals surface area (Å²) in [5, 5.41) is 4.70. The number of carbonyl (C=O) groups excluding carboxylic acids is 1. The molecule has 1 aliphatic heterocycles. The van der Waals surface area contributed by atoms with Crippen molar-refractivity contribution < 1.29 is 22.9 Å². The van der Waals surface area contributed by atoms with E-state index in [0.717, 1.165) is 11.6 Å². The molecule has 0 spiro atoms. The van der Waals surface area contributed by atoms with E-state index in [1.807, 2.05) is 12.1 Å². The van der Waals surface area contributed by atoms with Gasteiger partial charge >= 0.3 is 0 Å². The molecule has 1 aliphatic rings. The van der Waals surface area contributed by atoms with Gasteiger partial charge in [0.05, 0.1) is 17.0 Å². The van der Waals surface area contributed by atoms with Crippen molar-refractivity contribution >= 4 is 34.3 Å². The summed E-state index contributed by atoms with van der Waals surface area (Å²) >= 11 is 5.94. The number of aryl methyl sites for hydroxylation is 1. The molecule has 0 bridgehead atoms. The van der Waals surface area contributed by atoms with Gasteiger partial charge in [-0.1, -0.05) is 41.0 Å². The monoisotopic (exact) mass is 516 g/mol. The Morgan fingerprint density at radius 3 is 2.49 bits per heavy atom. The molecule has 37 heavy (non-hydrogen) atoms. The second-order valence-electron chi connectivity index (χ2n) is 8.67. The normalized spacial score (nSPS) is 14.8. The highest BCUT2D eigenvalue weighted by Crippen LogP contribution is 2.41. The Hall–Kier alpha value is -4.43. The Balaban J connectivity index is 1.41. The van der Waals surface area contributed by atoms with E-state index in [2.05, 4.69) is 5.16 Å². The number of benzene rings is 3. The number of rotatable bonds is 5. The van der Waals surface area contributed by atoms with Gasteiger partial charge in [0.1, 0.15) is 29.5 Å². The van der Waals surface area contributed by atoms with Gasteiger partial charge in [-0.25, -0.2) is 4.39 Å². The maximum absolute atomic E-state index is 14.0. The number of halogens is 2. The van der Waals surface area contributed by atoms with Crippen LogP contribution in [0.4, 0.5) is 10.2 Å². The fraction of sp³-hybridized carbons (Fsp3) is 0.107. The van der Waals surface area contributed by atoms with Crippen LogP contribution in [0.3, 0.4) is 0 Å². The lowest BCUT2D eigenvalue weighted by molar-refractivity contribution is 0.0969. The molecular formula is C28H18ClFN2O5. The van der Waals surface area contributed by atoms with Crippen LogP contribution < -0.4 is 15.1 Å². The average molecular weight is 517 g/mol. The molecule has 6 rings (SSSR count). The van der Waals surface area contributed by atoms with E-state index in [4.69, 9.17) is 25.3 Å². The summed E-state index contributed by atoms with van der Waals surface area (Å²) in [5.74, 6) is 0.0931. The quantitative estimate of drug-likeness (QED) is 0.276. The first-order chi connectivity index (χ1) is 17.9. The second-order valence-corrected chi connectivity index (χ2v) is 9.11. The lowest BCUT2D eigenvalue weighted by Gasteiger charge is -2.22. The first-order valence-corrected chi connectivity index (χ1v) is 11.8. The lowest BCUT2D eigenvalue weighted by Crippen LogP contribution is -2.29. The van der Waals surface area contributed by atoms with E-state index in [0.29, 0.717) is 28.7 Å². The Morgan fingerprint density at radius 1 is 1.03 bits per heavy atom. The molecule has 1 atom stereocenters. The molecule has 2 aromatic heterocycles. The molecule has 0 unspecified atom stereocenters. The van der Waals surface area contributed by atoms with Gasteiger partial charge in [-0.15, -0.1) is 0 Å². The van der Waals surface area contributed by atoms with Crippen LogP contribution in [0.15, 0.2) is 86.5 Å². The van der Waals surface area contributed by atoms with Crippen molar-refractivity contribution in [1.82, 2.24) is 5.16 Å². The average Bonchev–Trinajstić information content (AvgIpc) is 3.45. The van der Waals surface area contributed by atoms with E-state index in [1.165, 1.54) is 17.0 Å². The first kappa shape index (κ1) is 23.0. The molecule has 3 aromatic carbocycles. The van der Waals surface area contributed by atoms with Gasteiger partial charge in [0.2, 0.25) is 5.76 Å². The molecule has 0 fully saturated rings. The maximum atomic E-state index is 14.0. The number of ether oxygens (including phenoxy) is 1. The Morgan fingerprint density at radius 2 is 1.78 bits per heavy atom. The molecular weight excluding hydrogens is 499 g/mol. The number of aromatic nitrogens is 1. The summed E-state index contributed by atoms with van der Waals surface area (Å²) in [4.78, 5) is 28.4. The number of hydrogen-bond donors (Lipinski definition) is 0. The van der Waals surface area contributed by atoms with E-state index >= 15 is 0 Å². The summed E-state index contributed by atoms with van der Waals surface area (Å²) in [7, 11) is 0. The summed E-state index contributed by atoms with van der Waals surface area (Å²) < 4.78 is 30.9. The number of nitrogens with zero attached hydrogens (tertiary/aromatic N) is 2. The molecule has 184 valence electrons. The Bertz CT molecular complexity index is 1710. The minimum absolute atomic E-state index is 0.0534. The standard InChI is InChI=1S/C28H18ClFN2O5/c1-15-12-23(31-37-15)32-25(17-4-9-20(10-5-17)35-14-16-2-6-18(29)7-3-16)24-26(33)21-13-19(30)8-11-22(21)36-27(24)28(32)34/h2-13,25H,14H2,1H3/t25-/m0/s1. The van der Waals surface area contributed by atoms with Crippen LogP contribution in [0.1, 0.15) is 39.0 Å². The molecule has 5 aromatic rings. The molecule has 3 heterocycles. The van der Waals surface area contributed by atoms with Crippen molar-refractivity contribution in [2.45, 2.75) is 19.6 Å². The highest BCUT2D eigenvalue weighted by Gasteiger charge is 2.45. The smallest absolute Gasteiger partial charge is 0.296 e. The molecule has 0 saturated carbocycles. The maximum Gasteiger partial charge on any atom is 0.296 e. The Labute approximate surface area is 214 Å². The van der Waals surface area contributed by atoms with Crippen LogP contribution in [0.25, 0.3) is 11.0 Å². The number of anilines is 1. The zero-order valence-electron chi connectivity index (χ0n) is 19.4. The van der Waals surface area contributed by atoms with Crippen molar-refractivity contribution in [2.24, 2.45) is 0 Å². The highest BCUT2D eigenvalue weighted by molar-refractivity contribution is 6.30. The fourth-order valence-electron chi connectivity index (χ4n) is 4.46. The van der Waals surface area contributed by atoms with Crippen LogP contribution in [0.2, 0.25) is 5.02 Å². The number of amides is 1. The van der Waals surface area contributed by atoms with Gasteiger partial charge in [-0.3, -0.25) is 14.5 Å². The number of hydrogen-bond acceptors (Lipinski definition) is 6. The number of fused-ring (bicyclic) bond motifs is 2. The molecule has 7 nitrogen and oxygen atoms in total. The molecule has 1 amide bonds. The van der Waals surface area contributed by atoms with Gasteiger partial charge in [0, 0.05) is 11.1 Å². The van der Waals surface area contributed by atoms with Gasteiger partial charge in [0.25, 0.3) is 5.91 Å². The van der Waals surface area contributed by atoms with E-state index in [9.17, 15) is 14.0 Å². The topological polar surface area (TPSA) is 85.8 Å². The summed E-state index contributed by atoms with van der Waals surface area (Å²) in [6.45, 7) is 2.04. The third-order valence-corrected chi connectivity index (χ3v) is 6.46. The minimum atomic E-state index is -0.860. The molecule has 9 heteroatoms. The number of carbonyl (C=O) groups is 1. The predicted molar refractivity (Wildman–Crippen MR) is 135 cm³/mol. The molecule has 0 radical (unpaired) electrons. The predicted octanol–water partition coefficient (Wildman–Crippen LogP) is 6.21. The third-order valence-electron chi connectivity index (χ3n) is 6.21. The minimum Gasteiger partial charge on any atom is -0.489 e. The zero-order valence-corrected chi connectivity index (χ0v) is 20.2. The van der Waals surface area contributed by atoms with Crippen molar-refractivity contribution in [3.8, 4) is 5.75 Å². The molecule has 0 saturated heterocycles. The molecule has 0 aliphatic carbocycles. The van der Waals surface area contributed by atoms with Crippen molar-refractivity contribution in [3.05, 3.63) is 122 Å². The second kappa shape index (κ2) is 8.90. The van der Waals surface area contributed by atoms with Crippen LogP contribution in [-0.2, 0) is 6.61 Å². The van der Waals surface area contributed by atoms with Gasteiger partial charge in [0.15, 0.2) is 11.2 Å². The van der Waals surface area contributed by atoms with Crippen LogP contribution in [-0.4, -0.2) is 11.1 Å². The third kappa shape index (κ3) is 4.05. The SMILES string of the molecule is Cc1cc(N2C(=O)c3oc4ccc(F)cc4c(=O)c3[C@@H]2c2ccc(OCc3ccc(Cl)cc3)cc2)no1. The lowest BCUT2D eigenvalue weighted by atomic mass is 9.98. The van der Waals surface area contributed by atoms with Gasteiger partial charge < -0.3 is 13.7 Å². The van der Waals surface area contributed by atoms with Crippen molar-refractivity contribution in [3.63, 3.8) is 0 Å². The van der Waals surface area contributed by atoms with Crippen LogP contribution in [0, 0.1) is 12.7 Å². The highest BCUT2D eigenvalue weighted by atomic mass is 35.5. The van der Waals surface area contributed by atoms with Crippen LogP contribution in [0.5, 0.6) is 5.75 Å². The summed E-state index contributed by atoms with van der Waals surface area (Å²) in [6, 6.07) is 18.7. The van der Waals surface area contributed by atoms with Gasteiger partial charge in [-0.05, 0) is 60.5 Å². The summed E-state index contributed by atoms with van der Waals surface area (Å²) in [5.41, 5.74) is 1.32. The van der Waals surface area contributed by atoms with E-state index in [-0.39, 0.29) is 28.1 Å². The van der Waals surface area contributed by atoms with Gasteiger partial charge in [-0.2, -0.15) is 0 Å². The van der Waals surface area contributed by atoms with Crippen LogP contribution >= 0.6 is 11.6 Å². The first-order valence-electron chi connectivity index (χ1n) is 11.4. The largest absolute Gasteiger partial charge is 0.489 e. The zero-order chi connectivity index (χ0) is 25.7. The molecule has 0 N–H and O–H groups in total. The van der Waals surface area contributed by atoms with Crippen molar-refractivity contribution in [1.29, 1.82) is 0 Å².